The van der Waals surface area contributed by atoms with Crippen LogP contribution in [0.25, 0.3) is 33.6 Å². The molecule has 0 spiro atoms. The third-order valence-electron chi connectivity index (χ3n) is 13.2. The molecule has 0 bridgehead atoms. The van der Waals surface area contributed by atoms with Gasteiger partial charge in [-0.25, -0.2) is 9.97 Å². The Morgan fingerprint density at radius 3 is 1.70 bits per heavy atom. The number of nitrogens with zero attached hydrogens (tertiary/aromatic N) is 6. The Kier molecular flexibility index (Phi) is 11.2. The van der Waals surface area contributed by atoms with Gasteiger partial charge in [-0.1, -0.05) is 85.3 Å². The van der Waals surface area contributed by atoms with Gasteiger partial charge in [0, 0.05) is 37.4 Å². The topological polar surface area (TPSA) is 114 Å². The SMILES string of the molecule is O=C(c1ccc(N2CCOCC2)cc1)N1CCC[C@H]1c1ncc(-c2ccc(-c3ccc(-c4cnc([C@@H]5CCCN5C(=O)[C@@H](c5ccccc5)N5CCCCC5)[nH]4)cc3)cc2)[nH]1. The Balaban J connectivity index is 0.786. The zero-order valence-corrected chi connectivity index (χ0v) is 34.7. The van der Waals surface area contributed by atoms with Crippen molar-refractivity contribution in [2.75, 3.05) is 57.4 Å². The number of amides is 2. The van der Waals surface area contributed by atoms with Crippen LogP contribution in [-0.2, 0) is 9.53 Å². The van der Waals surface area contributed by atoms with E-state index in [0.29, 0.717) is 12.1 Å². The number of ether oxygens (including phenoxy) is 1. The van der Waals surface area contributed by atoms with E-state index >= 15 is 0 Å². The fourth-order valence-corrected chi connectivity index (χ4v) is 9.88. The van der Waals surface area contributed by atoms with Crippen molar-refractivity contribution in [3.63, 3.8) is 0 Å². The van der Waals surface area contributed by atoms with E-state index in [1.807, 2.05) is 47.6 Å². The van der Waals surface area contributed by atoms with Crippen LogP contribution in [0.5, 0.6) is 0 Å². The average molecular weight is 815 g/mol. The molecule has 4 saturated heterocycles. The van der Waals surface area contributed by atoms with Crippen molar-refractivity contribution in [3.8, 4) is 33.6 Å². The summed E-state index contributed by atoms with van der Waals surface area (Å²) >= 11 is 0. The highest BCUT2D eigenvalue weighted by Crippen LogP contribution is 2.37. The molecule has 3 atom stereocenters. The maximum atomic E-state index is 14.4. The molecule has 6 heterocycles. The van der Waals surface area contributed by atoms with Crippen LogP contribution in [0.2, 0.25) is 0 Å². The number of H-pyrrole nitrogens is 2. The molecular weight excluding hydrogens is 761 g/mol. The highest BCUT2D eigenvalue weighted by atomic mass is 16.5. The van der Waals surface area contributed by atoms with Gasteiger partial charge >= 0.3 is 0 Å². The van der Waals surface area contributed by atoms with Crippen LogP contribution in [0.4, 0.5) is 5.69 Å². The number of likely N-dealkylation sites (tertiary alicyclic amines) is 3. The monoisotopic (exact) mass is 814 g/mol. The number of aromatic nitrogens is 4. The first-order chi connectivity index (χ1) is 30.1. The molecule has 11 nitrogen and oxygen atoms in total. The predicted octanol–water partition coefficient (Wildman–Crippen LogP) is 8.84. The number of imidazole rings is 2. The molecule has 0 unspecified atom stereocenters. The van der Waals surface area contributed by atoms with Crippen molar-refractivity contribution in [1.29, 1.82) is 0 Å². The molecule has 10 rings (SSSR count). The number of nitrogens with one attached hydrogen (secondary N) is 2. The van der Waals surface area contributed by atoms with Crippen LogP contribution in [-0.4, -0.2) is 98.9 Å². The fraction of sp³-hybridized carbons (Fsp3) is 0.360. The molecule has 4 aromatic carbocycles. The van der Waals surface area contributed by atoms with E-state index in [1.165, 1.54) is 6.42 Å². The molecular formula is C50H54N8O3. The number of carbonyl (C=O) groups is 2. The van der Waals surface area contributed by atoms with Crippen molar-refractivity contribution >= 4 is 17.5 Å². The van der Waals surface area contributed by atoms with Crippen LogP contribution in [0.3, 0.4) is 0 Å². The molecule has 2 N–H and O–H groups in total. The zero-order valence-electron chi connectivity index (χ0n) is 34.7. The molecule has 6 aromatic rings. The minimum absolute atomic E-state index is 0.0463. The number of benzene rings is 4. The largest absolute Gasteiger partial charge is 0.378 e. The van der Waals surface area contributed by atoms with E-state index in [4.69, 9.17) is 14.7 Å². The van der Waals surface area contributed by atoms with E-state index in [2.05, 4.69) is 97.5 Å². The number of anilines is 1. The van der Waals surface area contributed by atoms with Gasteiger partial charge in [-0.05, 0) is 104 Å². The predicted molar refractivity (Wildman–Crippen MR) is 238 cm³/mol. The number of aromatic amines is 2. The van der Waals surface area contributed by atoms with Crippen molar-refractivity contribution in [2.45, 2.75) is 63.1 Å². The Bertz CT molecular complexity index is 2420. The van der Waals surface area contributed by atoms with Gasteiger partial charge < -0.3 is 29.4 Å². The van der Waals surface area contributed by atoms with Crippen molar-refractivity contribution in [1.82, 2.24) is 34.6 Å². The van der Waals surface area contributed by atoms with Crippen molar-refractivity contribution in [3.05, 3.63) is 138 Å². The van der Waals surface area contributed by atoms with E-state index in [-0.39, 0.29) is 29.9 Å². The van der Waals surface area contributed by atoms with E-state index < -0.39 is 0 Å². The van der Waals surface area contributed by atoms with Gasteiger partial charge in [-0.3, -0.25) is 14.5 Å². The molecule has 0 aliphatic carbocycles. The third-order valence-corrected chi connectivity index (χ3v) is 13.2. The summed E-state index contributed by atoms with van der Waals surface area (Å²) < 4.78 is 5.49. The number of carbonyl (C=O) groups excluding carboxylic acids is 2. The highest BCUT2D eigenvalue weighted by molar-refractivity contribution is 5.95. The standard InChI is InChI=1S/C50H54N8O3/c59-49(40-21-23-41(24-22-40)55-29-31-61-32-30-55)57-27-7-11-44(57)47-51-33-42(53-47)37-17-13-35(14-18-37)36-15-19-38(20-16-36)43-34-52-48(54-43)45-12-8-28-58(45)50(60)46(39-9-3-1-4-10-39)56-25-5-2-6-26-56/h1,3-4,9-10,13-24,33-34,44-46H,2,5-8,11-12,25-32H2,(H,51,53)(H,52,54)/t44-,45-,46+/m0/s1. The van der Waals surface area contributed by atoms with Gasteiger partial charge in [0.05, 0.1) is 49.1 Å². The van der Waals surface area contributed by atoms with Gasteiger partial charge in [0.2, 0.25) is 5.91 Å². The zero-order chi connectivity index (χ0) is 41.1. The molecule has 4 fully saturated rings. The molecule has 312 valence electrons. The molecule has 2 amide bonds. The number of hydrogen-bond acceptors (Lipinski definition) is 7. The Morgan fingerprint density at radius 1 is 0.574 bits per heavy atom. The van der Waals surface area contributed by atoms with Crippen LogP contribution in [0.1, 0.15) is 90.6 Å². The third kappa shape index (κ3) is 8.12. The maximum Gasteiger partial charge on any atom is 0.254 e. The lowest BCUT2D eigenvalue weighted by Crippen LogP contribution is -2.44. The van der Waals surface area contributed by atoms with Crippen LogP contribution in [0.15, 0.2) is 116 Å². The lowest BCUT2D eigenvalue weighted by atomic mass is 10.00. The van der Waals surface area contributed by atoms with Crippen LogP contribution >= 0.6 is 0 Å². The van der Waals surface area contributed by atoms with Crippen molar-refractivity contribution < 1.29 is 14.3 Å². The summed E-state index contributed by atoms with van der Waals surface area (Å²) in [6, 6.07) is 35.0. The average Bonchev–Trinajstić information content (AvgIpc) is 4.18. The summed E-state index contributed by atoms with van der Waals surface area (Å²) in [7, 11) is 0. The Labute approximate surface area is 357 Å². The highest BCUT2D eigenvalue weighted by Gasteiger charge is 2.39. The van der Waals surface area contributed by atoms with E-state index in [1.54, 1.807) is 0 Å². The summed E-state index contributed by atoms with van der Waals surface area (Å²) in [6.45, 7) is 6.58. The first-order valence-electron chi connectivity index (χ1n) is 22.2. The normalized spacial score (nSPS) is 20.3. The molecule has 0 radical (unpaired) electrons. The first kappa shape index (κ1) is 39.1. The number of piperidine rings is 1. The fourth-order valence-electron chi connectivity index (χ4n) is 9.88. The quantitative estimate of drug-likeness (QED) is 0.142. The summed E-state index contributed by atoms with van der Waals surface area (Å²) in [5.74, 6) is 1.92. The molecule has 11 heteroatoms. The Hall–Kier alpha value is -6.04. The number of hydrogen-bond donors (Lipinski definition) is 2. The van der Waals surface area contributed by atoms with Gasteiger partial charge in [0.25, 0.3) is 5.91 Å². The first-order valence-corrected chi connectivity index (χ1v) is 22.2. The second kappa shape index (κ2) is 17.5. The number of rotatable bonds is 10. The van der Waals surface area contributed by atoms with Gasteiger partial charge in [-0.15, -0.1) is 0 Å². The Morgan fingerprint density at radius 2 is 1.11 bits per heavy atom. The van der Waals surface area contributed by atoms with E-state index in [0.717, 1.165) is 141 Å². The van der Waals surface area contributed by atoms with Crippen LogP contribution < -0.4 is 4.90 Å². The van der Waals surface area contributed by atoms with E-state index in [9.17, 15) is 9.59 Å². The van der Waals surface area contributed by atoms with Gasteiger partial charge in [0.15, 0.2) is 0 Å². The molecule has 4 aliphatic heterocycles. The summed E-state index contributed by atoms with van der Waals surface area (Å²) in [5, 5.41) is 0. The summed E-state index contributed by atoms with van der Waals surface area (Å²) in [6.07, 6.45) is 11.0. The molecule has 2 aromatic heterocycles. The maximum absolute atomic E-state index is 14.4. The minimum Gasteiger partial charge on any atom is -0.378 e. The summed E-state index contributed by atoms with van der Waals surface area (Å²) in [4.78, 5) is 53.6. The molecule has 4 aliphatic rings. The molecule has 61 heavy (non-hydrogen) atoms. The van der Waals surface area contributed by atoms with Gasteiger partial charge in [0.1, 0.15) is 17.7 Å². The summed E-state index contributed by atoms with van der Waals surface area (Å²) in [5.41, 5.74) is 9.14. The number of morpholine rings is 1. The molecule has 0 saturated carbocycles. The lowest BCUT2D eigenvalue weighted by Gasteiger charge is -2.37. The smallest absolute Gasteiger partial charge is 0.254 e. The second-order valence-corrected chi connectivity index (χ2v) is 16.9. The van der Waals surface area contributed by atoms with Gasteiger partial charge in [-0.2, -0.15) is 0 Å². The van der Waals surface area contributed by atoms with Crippen molar-refractivity contribution in [2.24, 2.45) is 0 Å². The minimum atomic E-state index is -0.258. The lowest BCUT2D eigenvalue weighted by molar-refractivity contribution is -0.139. The van der Waals surface area contributed by atoms with Crippen LogP contribution in [0, 0.1) is 0 Å². The second-order valence-electron chi connectivity index (χ2n) is 16.9.